The third kappa shape index (κ3) is 5.22. The van der Waals surface area contributed by atoms with Crippen LogP contribution in [-0.4, -0.2) is 16.9 Å². The van der Waals surface area contributed by atoms with Crippen molar-refractivity contribution in [1.82, 2.24) is 4.98 Å². The summed E-state index contributed by atoms with van der Waals surface area (Å²) in [7, 11) is 0. The number of hydrogen-bond donors (Lipinski definition) is 1. The van der Waals surface area contributed by atoms with E-state index in [2.05, 4.69) is 5.32 Å². The van der Waals surface area contributed by atoms with Gasteiger partial charge in [-0.05, 0) is 55.5 Å². The van der Waals surface area contributed by atoms with Gasteiger partial charge in [0, 0.05) is 16.6 Å². The first-order chi connectivity index (χ1) is 18.2. The molecule has 0 bridgehead atoms. The smallest absolute Gasteiger partial charge is 0.416 e. The second-order valence-electron chi connectivity index (χ2n) is 9.01. The van der Waals surface area contributed by atoms with E-state index >= 15 is 0 Å². The zero-order valence-corrected chi connectivity index (χ0v) is 20.8. The van der Waals surface area contributed by atoms with Crippen LogP contribution >= 0.6 is 11.6 Å². The number of ether oxygens (including phenoxy) is 1. The van der Waals surface area contributed by atoms with Crippen molar-refractivity contribution in [3.8, 4) is 0 Å². The van der Waals surface area contributed by atoms with Crippen molar-refractivity contribution in [2.45, 2.75) is 38.0 Å². The molecule has 0 spiro atoms. The van der Waals surface area contributed by atoms with Crippen molar-refractivity contribution in [1.29, 1.82) is 0 Å². The van der Waals surface area contributed by atoms with E-state index in [1.165, 1.54) is 0 Å². The maximum atomic E-state index is 13.7. The van der Waals surface area contributed by atoms with Crippen LogP contribution in [0.5, 0.6) is 0 Å². The first-order valence-electron chi connectivity index (χ1n) is 12.1. The molecule has 4 aromatic rings. The Kier molecular flexibility index (Phi) is 7.08. The highest BCUT2D eigenvalue weighted by atomic mass is 35.5. The summed E-state index contributed by atoms with van der Waals surface area (Å²) in [6.45, 7) is 0. The van der Waals surface area contributed by atoms with E-state index in [1.807, 2.05) is 12.1 Å². The number of anilines is 1. The minimum absolute atomic E-state index is 0.0846. The van der Waals surface area contributed by atoms with E-state index in [4.69, 9.17) is 21.3 Å². The number of alkyl halides is 3. The van der Waals surface area contributed by atoms with Gasteiger partial charge in [0.15, 0.2) is 0 Å². The Balaban J connectivity index is 1.52. The number of para-hydroxylation sites is 1. The summed E-state index contributed by atoms with van der Waals surface area (Å²) in [6, 6.07) is 18.1. The molecule has 5 rings (SSSR count). The molecule has 0 radical (unpaired) electrons. The maximum absolute atomic E-state index is 13.7. The number of fused-ring (bicyclic) bond motifs is 2. The number of carbonyl (C=O) groups excluding carboxylic acids is 2. The van der Waals surface area contributed by atoms with Gasteiger partial charge >= 0.3 is 12.1 Å². The lowest BCUT2D eigenvalue weighted by Gasteiger charge is -2.23. The number of aryl methyl sites for hydroxylation is 1. The van der Waals surface area contributed by atoms with Gasteiger partial charge < -0.3 is 10.1 Å². The number of nitrogens with one attached hydrogen (secondary N) is 1. The predicted octanol–water partition coefficient (Wildman–Crippen LogP) is 7.32. The van der Waals surface area contributed by atoms with Crippen molar-refractivity contribution in [2.24, 2.45) is 0 Å². The molecule has 0 aliphatic heterocycles. The van der Waals surface area contributed by atoms with Gasteiger partial charge in [-0.15, -0.1) is 0 Å². The van der Waals surface area contributed by atoms with E-state index in [0.29, 0.717) is 28.5 Å². The molecule has 1 amide bonds. The third-order valence-corrected chi connectivity index (χ3v) is 6.82. The second kappa shape index (κ2) is 10.5. The van der Waals surface area contributed by atoms with Gasteiger partial charge in [0.05, 0.1) is 27.4 Å². The van der Waals surface area contributed by atoms with Crippen LogP contribution in [0.15, 0.2) is 72.8 Å². The summed E-state index contributed by atoms with van der Waals surface area (Å²) >= 11 is 6.09. The molecular weight excluding hydrogens is 517 g/mol. The molecule has 3 aromatic carbocycles. The van der Waals surface area contributed by atoms with Crippen LogP contribution in [0.2, 0.25) is 5.02 Å². The van der Waals surface area contributed by atoms with Gasteiger partial charge in [0.1, 0.15) is 0 Å². The highest BCUT2D eigenvalue weighted by molar-refractivity contribution is 6.33. The lowest BCUT2D eigenvalue weighted by molar-refractivity contribution is -0.137. The second-order valence-corrected chi connectivity index (χ2v) is 9.42. The molecule has 1 heterocycles. The summed E-state index contributed by atoms with van der Waals surface area (Å²) < 4.78 is 45.6. The first kappa shape index (κ1) is 25.7. The lowest BCUT2D eigenvalue weighted by atomic mass is 9.90. The Morgan fingerprint density at radius 2 is 1.66 bits per heavy atom. The highest BCUT2D eigenvalue weighted by Gasteiger charge is 2.33. The number of amides is 1. The average molecular weight is 539 g/mol. The zero-order chi connectivity index (χ0) is 26.9. The highest BCUT2D eigenvalue weighted by Crippen LogP contribution is 2.35. The number of hydrogen-bond acceptors (Lipinski definition) is 4. The molecule has 0 saturated carbocycles. The molecule has 9 heteroatoms. The minimum Gasteiger partial charge on any atom is -0.444 e. The summed E-state index contributed by atoms with van der Waals surface area (Å²) in [5, 5.41) is 2.95. The van der Waals surface area contributed by atoms with Crippen molar-refractivity contribution in [3.63, 3.8) is 0 Å². The topological polar surface area (TPSA) is 68.3 Å². The summed E-state index contributed by atoms with van der Waals surface area (Å²) in [4.78, 5) is 31.9. The van der Waals surface area contributed by atoms with Gasteiger partial charge in [-0.25, -0.2) is 4.79 Å². The quantitative estimate of drug-likeness (QED) is 0.270. The normalized spacial score (nSPS) is 14.0. The average Bonchev–Trinajstić information content (AvgIpc) is 2.91. The summed E-state index contributed by atoms with van der Waals surface area (Å²) in [6.07, 6.45) is -2.84. The molecule has 194 valence electrons. The van der Waals surface area contributed by atoms with Gasteiger partial charge in [-0.2, -0.15) is 13.2 Å². The Morgan fingerprint density at radius 1 is 0.947 bits per heavy atom. The Hall–Kier alpha value is -3.91. The SMILES string of the molecule is O=C(O[C@@H](C(=O)Nc1cc(C(F)(F)F)ccc1Cl)c1ccccc1)c1c2c(nc3ccccc13)CCCC2. The fourth-order valence-corrected chi connectivity index (χ4v) is 4.83. The van der Waals surface area contributed by atoms with Gasteiger partial charge in [-0.3, -0.25) is 9.78 Å². The largest absolute Gasteiger partial charge is 0.444 e. The van der Waals surface area contributed by atoms with Crippen LogP contribution in [0.4, 0.5) is 18.9 Å². The molecule has 38 heavy (non-hydrogen) atoms. The molecule has 1 aliphatic carbocycles. The number of benzene rings is 3. The van der Waals surface area contributed by atoms with Crippen molar-refractivity contribution in [2.75, 3.05) is 5.32 Å². The predicted molar refractivity (Wildman–Crippen MR) is 138 cm³/mol. The molecule has 0 unspecified atom stereocenters. The number of pyridine rings is 1. The number of carbonyl (C=O) groups is 2. The van der Waals surface area contributed by atoms with Crippen LogP contribution < -0.4 is 5.32 Å². The van der Waals surface area contributed by atoms with E-state index in [-0.39, 0.29) is 10.7 Å². The number of aromatic nitrogens is 1. The Bertz CT molecular complexity index is 1520. The maximum Gasteiger partial charge on any atom is 0.416 e. The zero-order valence-electron chi connectivity index (χ0n) is 20.0. The number of nitrogens with zero attached hydrogens (tertiary/aromatic N) is 1. The molecule has 0 saturated heterocycles. The number of esters is 1. The molecule has 1 aromatic heterocycles. The van der Waals surface area contributed by atoms with Crippen LogP contribution in [0.3, 0.4) is 0 Å². The number of rotatable bonds is 5. The van der Waals surface area contributed by atoms with Crippen molar-refractivity contribution >= 4 is 40.1 Å². The van der Waals surface area contributed by atoms with Gasteiger partial charge in [0.2, 0.25) is 6.10 Å². The Labute approximate surface area is 221 Å². The fourth-order valence-electron chi connectivity index (χ4n) is 4.67. The van der Waals surface area contributed by atoms with Gasteiger partial charge in [0.25, 0.3) is 5.91 Å². The monoisotopic (exact) mass is 538 g/mol. The Morgan fingerprint density at radius 3 is 2.42 bits per heavy atom. The molecule has 1 N–H and O–H groups in total. The van der Waals surface area contributed by atoms with E-state index in [0.717, 1.165) is 48.7 Å². The lowest BCUT2D eigenvalue weighted by Crippen LogP contribution is -2.27. The molecule has 1 aliphatic rings. The molecule has 5 nitrogen and oxygen atoms in total. The van der Waals surface area contributed by atoms with E-state index in [1.54, 1.807) is 42.5 Å². The fraction of sp³-hybridized carbons (Fsp3) is 0.207. The molecule has 0 fully saturated rings. The first-order valence-corrected chi connectivity index (χ1v) is 12.4. The van der Waals surface area contributed by atoms with E-state index < -0.39 is 29.7 Å². The van der Waals surface area contributed by atoms with E-state index in [9.17, 15) is 22.8 Å². The molecule has 1 atom stereocenters. The van der Waals surface area contributed by atoms with Crippen LogP contribution in [-0.2, 0) is 28.5 Å². The number of halogens is 4. The van der Waals surface area contributed by atoms with Crippen molar-refractivity contribution < 1.29 is 27.5 Å². The standard InChI is InChI=1S/C29H22ClF3N2O3/c30-21-15-14-18(29(31,32)33)16-24(21)35-27(36)26(17-8-2-1-3-9-17)38-28(37)25-19-10-4-6-12-22(19)34-23-13-7-5-11-20(23)25/h1-4,6,8-10,12,14-16,26H,5,7,11,13H2,(H,35,36)/t26-/m1/s1. The third-order valence-electron chi connectivity index (χ3n) is 6.49. The molecular formula is C29H22ClF3N2O3. The van der Waals surface area contributed by atoms with Crippen LogP contribution in [0, 0.1) is 0 Å². The van der Waals surface area contributed by atoms with Gasteiger partial charge in [-0.1, -0.05) is 60.1 Å². The van der Waals surface area contributed by atoms with Crippen LogP contribution in [0.25, 0.3) is 10.9 Å². The van der Waals surface area contributed by atoms with Crippen molar-refractivity contribution in [3.05, 3.63) is 106 Å². The summed E-state index contributed by atoms with van der Waals surface area (Å²) in [5.41, 5.74) is 1.78. The summed E-state index contributed by atoms with van der Waals surface area (Å²) in [5.74, 6) is -1.54. The van der Waals surface area contributed by atoms with Crippen LogP contribution in [0.1, 0.15) is 51.7 Å². The minimum atomic E-state index is -4.63.